The average Bonchev–Trinajstić information content (AvgIpc) is 1.55. The zero-order valence-electron chi connectivity index (χ0n) is 60.5. The van der Waals surface area contributed by atoms with Gasteiger partial charge in [-0.25, -0.2) is 29.9 Å². The summed E-state index contributed by atoms with van der Waals surface area (Å²) in [5.74, 6) is 3.70. The predicted octanol–water partition coefficient (Wildman–Crippen LogP) is 26.7. The van der Waals surface area contributed by atoms with E-state index in [-0.39, 0.29) is 0 Å². The minimum Gasteiger partial charge on any atom is -0.309 e. The molecule has 4 aromatic heterocycles. The van der Waals surface area contributed by atoms with E-state index in [1.54, 1.807) is 0 Å². The van der Waals surface area contributed by atoms with Crippen LogP contribution in [0.5, 0.6) is 0 Å². The SMILES string of the molecule is c1ccc(-c2nc(-c3ccccc3)nc(-c3ccc(-n4c5cc(-c6ccccc6)c6ccccc6c5c5c6ccccc6c(-c6ccc(-c7cccc8cc(-c9cc%10c(c%11ccccc9%11)c9c%11ccccc%11ccc9n%10-c9cccc(-c%10nc(-c%11ccccc%11)nc(-c%11ccccc%11)n%10)c9)ccc78)cc6)cc54)cc3)n2)cc1. The first-order valence-corrected chi connectivity index (χ1v) is 38.0. The molecule has 4 heterocycles. The van der Waals surface area contributed by atoms with Gasteiger partial charge in [-0.05, 0) is 165 Å². The number of hydrogen-bond donors (Lipinski definition) is 0. The highest BCUT2D eigenvalue weighted by Crippen LogP contribution is 2.49. The van der Waals surface area contributed by atoms with Gasteiger partial charge < -0.3 is 9.13 Å². The van der Waals surface area contributed by atoms with Crippen molar-refractivity contribution in [2.24, 2.45) is 0 Å². The zero-order valence-corrected chi connectivity index (χ0v) is 60.5. The first-order chi connectivity index (χ1) is 55.5. The molecule has 0 saturated carbocycles. The number of aromatic nitrogens is 8. The van der Waals surface area contributed by atoms with Gasteiger partial charge in [-0.2, -0.15) is 0 Å². The molecule has 0 N–H and O–H groups in total. The van der Waals surface area contributed by atoms with E-state index >= 15 is 0 Å². The van der Waals surface area contributed by atoms with Gasteiger partial charge in [-0.3, -0.25) is 0 Å². The Bertz CT molecular complexity index is 7390. The molecule has 8 heteroatoms. The Kier molecular flexibility index (Phi) is 15.1. The van der Waals surface area contributed by atoms with Crippen LogP contribution in [0, 0.1) is 0 Å². The lowest BCUT2D eigenvalue weighted by molar-refractivity contribution is 1.07. The molecule has 0 amide bonds. The third-order valence-corrected chi connectivity index (χ3v) is 22.4. The van der Waals surface area contributed by atoms with Crippen LogP contribution in [0.2, 0.25) is 0 Å². The van der Waals surface area contributed by atoms with Crippen LogP contribution < -0.4 is 0 Å². The average molecular weight is 1430 g/mol. The molecule has 22 aromatic rings. The summed E-state index contributed by atoms with van der Waals surface area (Å²) in [5.41, 5.74) is 21.2. The summed E-state index contributed by atoms with van der Waals surface area (Å²) in [4.78, 5) is 30.7. The van der Waals surface area contributed by atoms with E-state index in [4.69, 9.17) is 29.9 Å². The summed E-state index contributed by atoms with van der Waals surface area (Å²) in [6, 6.07) is 139. The van der Waals surface area contributed by atoms with Crippen molar-refractivity contribution in [1.82, 2.24) is 39.0 Å². The lowest BCUT2D eigenvalue weighted by Crippen LogP contribution is -2.01. The molecular weight excluding hydrogens is 1360 g/mol. The summed E-state index contributed by atoms with van der Waals surface area (Å²) in [6.07, 6.45) is 0. The third kappa shape index (κ3) is 10.8. The Morgan fingerprint density at radius 3 is 0.946 bits per heavy atom. The monoisotopic (exact) mass is 1420 g/mol. The maximum Gasteiger partial charge on any atom is 0.164 e. The molecule has 0 aliphatic rings. The smallest absolute Gasteiger partial charge is 0.164 e. The number of benzene rings is 18. The van der Waals surface area contributed by atoms with Crippen LogP contribution in [0.4, 0.5) is 0 Å². The minimum absolute atomic E-state index is 0.603. The van der Waals surface area contributed by atoms with Crippen LogP contribution in [-0.4, -0.2) is 39.0 Å². The lowest BCUT2D eigenvalue weighted by Gasteiger charge is -2.15. The van der Waals surface area contributed by atoms with Crippen molar-refractivity contribution in [3.63, 3.8) is 0 Å². The van der Waals surface area contributed by atoms with Crippen molar-refractivity contribution in [2.45, 2.75) is 0 Å². The maximum absolute atomic E-state index is 5.19. The van der Waals surface area contributed by atoms with Crippen molar-refractivity contribution in [2.75, 3.05) is 0 Å². The van der Waals surface area contributed by atoms with Crippen LogP contribution in [0.15, 0.2) is 388 Å². The Balaban J connectivity index is 0.670. The standard InChI is InChI=1S/C104H64N8/c1-6-26-65(27-7-1)88-62-92-97(85-44-21-18-41-82(85)88)98-86-45-22-19-42-83(86)89(63-93(98)111(92)77-56-52-73(53-57-77)103-107-99(69-29-8-2-9-30-69)105-100(108-103)70-31-10-3-11-32-70)68-50-48-67(49-51-68)79-47-25-37-74-60-75(54-58-80(74)79)90-64-94-96(87-46-23-20-43-84(87)90)95-81-40-17-16-28-66(81)55-59-91(95)112(94)78-39-24-38-76(61-78)104-109-101(71-33-12-4-13-34-71)106-102(110-104)72-35-14-5-15-36-72/h1-64H. The predicted molar refractivity (Wildman–Crippen MR) is 464 cm³/mol. The fraction of sp³-hybridized carbons (Fsp3) is 0. The highest BCUT2D eigenvalue weighted by Gasteiger charge is 2.26. The van der Waals surface area contributed by atoms with Gasteiger partial charge in [0.05, 0.1) is 22.1 Å². The summed E-state index contributed by atoms with van der Waals surface area (Å²) < 4.78 is 4.92. The van der Waals surface area contributed by atoms with Crippen LogP contribution >= 0.6 is 0 Å². The molecule has 0 aliphatic carbocycles. The van der Waals surface area contributed by atoms with Crippen molar-refractivity contribution >= 4 is 97.5 Å². The Morgan fingerprint density at radius 2 is 0.473 bits per heavy atom. The van der Waals surface area contributed by atoms with Gasteiger partial charge in [0, 0.05) is 66.3 Å². The highest BCUT2D eigenvalue weighted by molar-refractivity contribution is 6.33. The van der Waals surface area contributed by atoms with Crippen molar-refractivity contribution in [1.29, 1.82) is 0 Å². The van der Waals surface area contributed by atoms with Gasteiger partial charge in [0.1, 0.15) is 0 Å². The number of nitrogens with zero attached hydrogens (tertiary/aromatic N) is 8. The minimum atomic E-state index is 0.603. The molecular formula is C104H64N8. The van der Waals surface area contributed by atoms with Gasteiger partial charge in [0.25, 0.3) is 0 Å². The first kappa shape index (κ1) is 64.1. The van der Waals surface area contributed by atoms with Crippen molar-refractivity contribution in [3.8, 4) is 124 Å². The fourth-order valence-electron chi connectivity index (χ4n) is 17.2. The highest BCUT2D eigenvalue weighted by atomic mass is 15.1. The van der Waals surface area contributed by atoms with E-state index in [9.17, 15) is 0 Å². The summed E-state index contributed by atoms with van der Waals surface area (Å²) in [5, 5.41) is 16.8. The van der Waals surface area contributed by atoms with E-state index in [2.05, 4.69) is 325 Å². The quantitative estimate of drug-likeness (QED) is 0.121. The molecule has 0 bridgehead atoms. The molecule has 0 aliphatic heterocycles. The molecule has 0 radical (unpaired) electrons. The van der Waals surface area contributed by atoms with Crippen LogP contribution in [-0.2, 0) is 0 Å². The number of hydrogen-bond acceptors (Lipinski definition) is 6. The topological polar surface area (TPSA) is 87.2 Å². The van der Waals surface area contributed by atoms with Crippen molar-refractivity contribution in [3.05, 3.63) is 388 Å². The molecule has 22 rings (SSSR count). The van der Waals surface area contributed by atoms with Crippen LogP contribution in [0.1, 0.15) is 0 Å². The molecule has 0 unspecified atom stereocenters. The van der Waals surface area contributed by atoms with Gasteiger partial charge in [-0.15, -0.1) is 0 Å². The van der Waals surface area contributed by atoms with Crippen LogP contribution in [0.25, 0.3) is 222 Å². The maximum atomic E-state index is 5.19. The molecule has 0 saturated heterocycles. The Labute approximate surface area is 644 Å². The second kappa shape index (κ2) is 26.4. The fourth-order valence-corrected chi connectivity index (χ4v) is 17.2. The molecule has 18 aromatic carbocycles. The van der Waals surface area contributed by atoms with Crippen LogP contribution in [0.3, 0.4) is 0 Å². The van der Waals surface area contributed by atoms with Gasteiger partial charge in [0.15, 0.2) is 34.9 Å². The van der Waals surface area contributed by atoms with E-state index < -0.39 is 0 Å². The second-order valence-electron chi connectivity index (χ2n) is 28.8. The van der Waals surface area contributed by atoms with Crippen molar-refractivity contribution < 1.29 is 0 Å². The number of fused-ring (bicyclic) bond motifs is 15. The van der Waals surface area contributed by atoms with E-state index in [1.807, 2.05) is 72.8 Å². The molecule has 0 atom stereocenters. The van der Waals surface area contributed by atoms with E-state index in [0.717, 1.165) is 106 Å². The summed E-state index contributed by atoms with van der Waals surface area (Å²) in [7, 11) is 0. The third-order valence-electron chi connectivity index (χ3n) is 22.4. The molecule has 520 valence electrons. The zero-order chi connectivity index (χ0) is 73.7. The Morgan fingerprint density at radius 1 is 0.152 bits per heavy atom. The molecule has 0 fully saturated rings. The normalized spacial score (nSPS) is 11.8. The van der Waals surface area contributed by atoms with Gasteiger partial charge >= 0.3 is 0 Å². The van der Waals surface area contributed by atoms with E-state index in [1.165, 1.54) is 81.1 Å². The lowest BCUT2D eigenvalue weighted by atomic mass is 9.90. The largest absolute Gasteiger partial charge is 0.309 e. The molecule has 0 spiro atoms. The molecule has 8 nitrogen and oxygen atoms in total. The first-order valence-electron chi connectivity index (χ1n) is 38.0. The van der Waals surface area contributed by atoms with Gasteiger partial charge in [-0.1, -0.05) is 322 Å². The summed E-state index contributed by atoms with van der Waals surface area (Å²) >= 11 is 0. The Hall–Kier alpha value is -15.1. The van der Waals surface area contributed by atoms with Gasteiger partial charge in [0.2, 0.25) is 0 Å². The van der Waals surface area contributed by atoms with E-state index in [0.29, 0.717) is 34.9 Å². The molecule has 112 heavy (non-hydrogen) atoms. The second-order valence-corrected chi connectivity index (χ2v) is 28.8. The number of rotatable bonds is 12. The summed E-state index contributed by atoms with van der Waals surface area (Å²) in [6.45, 7) is 0.